The largest absolute Gasteiger partial charge is 0.288 e. The second-order valence-corrected chi connectivity index (χ2v) is 11.7. The van der Waals surface area contributed by atoms with E-state index in [1.54, 1.807) is 11.3 Å². The number of fused-ring (bicyclic) bond motifs is 5. The molecule has 0 spiro atoms. The smallest absolute Gasteiger partial charge is 0.203 e. The lowest BCUT2D eigenvalue weighted by Crippen LogP contribution is -1.97. The number of hydrogen-bond donors (Lipinski definition) is 0. The van der Waals surface area contributed by atoms with E-state index in [-0.39, 0.29) is 11.6 Å². The van der Waals surface area contributed by atoms with Crippen molar-refractivity contribution in [1.29, 1.82) is 0 Å². The van der Waals surface area contributed by atoms with Crippen LogP contribution in [0.2, 0.25) is 0 Å². The molecule has 0 unspecified atom stereocenters. The number of hydrogen-bond acceptors (Lipinski definition) is 5. The van der Waals surface area contributed by atoms with Gasteiger partial charge in [-0.1, -0.05) is 72.8 Å². The van der Waals surface area contributed by atoms with Crippen molar-refractivity contribution in [3.8, 4) is 0 Å². The van der Waals surface area contributed by atoms with Crippen molar-refractivity contribution < 1.29 is 9.59 Å². The monoisotopic (exact) mass is 504 g/mol. The minimum Gasteiger partial charge on any atom is -0.288 e. The van der Waals surface area contributed by atoms with Gasteiger partial charge in [0.1, 0.15) is 0 Å². The maximum absolute atomic E-state index is 13.3. The molecule has 5 heteroatoms. The van der Waals surface area contributed by atoms with E-state index >= 15 is 0 Å². The van der Waals surface area contributed by atoms with Crippen molar-refractivity contribution >= 4 is 85.9 Å². The van der Waals surface area contributed by atoms with Gasteiger partial charge >= 0.3 is 0 Å². The number of ketones is 2. The standard InChI is InChI=1S/C30H16O2S3/c31-27(21-11-9-17-5-1-3-7-19(17)13-21)23-15-25-29(34-23)30-26(33-25)16-24(35-30)28(32)22-12-10-18-6-2-4-8-20(18)14-22/h1-16H. The zero-order valence-corrected chi connectivity index (χ0v) is 20.7. The van der Waals surface area contributed by atoms with Crippen molar-refractivity contribution in [3.63, 3.8) is 0 Å². The first-order valence-electron chi connectivity index (χ1n) is 11.2. The molecular weight excluding hydrogens is 489 g/mol. The van der Waals surface area contributed by atoms with Crippen LogP contribution in [-0.2, 0) is 0 Å². The first kappa shape index (κ1) is 20.7. The van der Waals surface area contributed by atoms with Crippen molar-refractivity contribution in [3.05, 3.63) is 118 Å². The average molecular weight is 505 g/mol. The third kappa shape index (κ3) is 3.43. The number of carbonyl (C=O) groups is 2. The minimum absolute atomic E-state index is 0.0429. The van der Waals surface area contributed by atoms with Crippen LogP contribution in [0.5, 0.6) is 0 Å². The molecular formula is C30H16O2S3. The van der Waals surface area contributed by atoms with E-state index in [4.69, 9.17) is 0 Å². The molecule has 35 heavy (non-hydrogen) atoms. The summed E-state index contributed by atoms with van der Waals surface area (Å²) < 4.78 is 4.39. The molecule has 0 atom stereocenters. The molecule has 0 saturated heterocycles. The highest BCUT2D eigenvalue weighted by Gasteiger charge is 2.20. The van der Waals surface area contributed by atoms with Gasteiger partial charge in [-0.3, -0.25) is 9.59 Å². The fraction of sp³-hybridized carbons (Fsp3) is 0. The number of carbonyl (C=O) groups excluding carboxylic acids is 2. The fourth-order valence-corrected chi connectivity index (χ4v) is 8.45. The molecule has 0 aliphatic rings. The maximum atomic E-state index is 13.3. The fourth-order valence-electron chi connectivity index (χ4n) is 4.50. The normalized spacial score (nSPS) is 11.7. The summed E-state index contributed by atoms with van der Waals surface area (Å²) in [5.41, 5.74) is 1.40. The molecule has 7 rings (SSSR count). The van der Waals surface area contributed by atoms with Gasteiger partial charge in [0, 0.05) is 20.5 Å². The van der Waals surface area contributed by atoms with Crippen molar-refractivity contribution in [2.45, 2.75) is 0 Å². The first-order chi connectivity index (χ1) is 17.1. The second-order valence-electron chi connectivity index (χ2n) is 8.49. The van der Waals surface area contributed by atoms with Crippen LogP contribution in [0.1, 0.15) is 30.5 Å². The Morgan fingerprint density at radius 1 is 0.457 bits per heavy atom. The Kier molecular flexibility index (Phi) is 4.71. The lowest BCUT2D eigenvalue weighted by molar-refractivity contribution is 0.103. The number of benzene rings is 4. The lowest BCUT2D eigenvalue weighted by Gasteiger charge is -2.01. The molecule has 166 valence electrons. The van der Waals surface area contributed by atoms with E-state index in [1.165, 1.54) is 22.7 Å². The summed E-state index contributed by atoms with van der Waals surface area (Å²) >= 11 is 4.70. The van der Waals surface area contributed by atoms with E-state index in [0.29, 0.717) is 11.1 Å². The summed E-state index contributed by atoms with van der Waals surface area (Å²) in [6, 6.07) is 31.9. The van der Waals surface area contributed by atoms with Crippen LogP contribution >= 0.6 is 34.0 Å². The Bertz CT molecular complexity index is 1810. The van der Waals surface area contributed by atoms with E-state index in [1.807, 2.05) is 84.9 Å². The highest BCUT2D eigenvalue weighted by molar-refractivity contribution is 7.39. The summed E-state index contributed by atoms with van der Waals surface area (Å²) in [7, 11) is 0. The van der Waals surface area contributed by atoms with Crippen LogP contribution in [-0.4, -0.2) is 11.6 Å². The molecule has 3 heterocycles. The second kappa shape index (κ2) is 7.95. The van der Waals surface area contributed by atoms with Crippen LogP contribution < -0.4 is 0 Å². The summed E-state index contributed by atoms with van der Waals surface area (Å²) in [5, 5.41) is 4.38. The SMILES string of the molecule is O=C(c1ccc2ccccc2c1)c1cc2sc3cc(C(=O)c4ccc5ccccc5c4)sc3c2s1. The Morgan fingerprint density at radius 3 is 1.34 bits per heavy atom. The topological polar surface area (TPSA) is 34.1 Å². The number of rotatable bonds is 4. The lowest BCUT2D eigenvalue weighted by atomic mass is 10.0. The van der Waals surface area contributed by atoms with E-state index in [9.17, 15) is 9.59 Å². The van der Waals surface area contributed by atoms with Gasteiger partial charge in [0.25, 0.3) is 0 Å². The third-order valence-electron chi connectivity index (χ3n) is 6.29. The molecule has 0 saturated carbocycles. The Labute approximate surface area is 212 Å². The summed E-state index contributed by atoms with van der Waals surface area (Å²) in [6.45, 7) is 0. The summed E-state index contributed by atoms with van der Waals surface area (Å²) in [4.78, 5) is 28.0. The number of thiophene rings is 3. The van der Waals surface area contributed by atoms with Gasteiger partial charge in [0.05, 0.1) is 19.2 Å². The average Bonchev–Trinajstić information content (AvgIpc) is 3.58. The van der Waals surface area contributed by atoms with Gasteiger partial charge in [-0.25, -0.2) is 0 Å². The van der Waals surface area contributed by atoms with E-state index in [2.05, 4.69) is 12.1 Å². The van der Waals surface area contributed by atoms with Gasteiger partial charge in [-0.05, 0) is 45.8 Å². The molecule has 4 aromatic carbocycles. The zero-order chi connectivity index (χ0) is 23.5. The molecule has 3 aromatic heterocycles. The molecule has 7 aromatic rings. The molecule has 0 N–H and O–H groups in total. The summed E-state index contributed by atoms with van der Waals surface area (Å²) in [6.07, 6.45) is 0. The first-order valence-corrected chi connectivity index (χ1v) is 13.6. The van der Waals surface area contributed by atoms with E-state index in [0.717, 1.165) is 50.1 Å². The van der Waals surface area contributed by atoms with Crippen molar-refractivity contribution in [1.82, 2.24) is 0 Å². The molecule has 0 radical (unpaired) electrons. The molecule has 2 nitrogen and oxygen atoms in total. The Morgan fingerprint density at radius 2 is 0.886 bits per heavy atom. The van der Waals surface area contributed by atoms with Gasteiger partial charge < -0.3 is 0 Å². The molecule has 0 fully saturated rings. The third-order valence-corrected chi connectivity index (χ3v) is 10.1. The van der Waals surface area contributed by atoms with Crippen molar-refractivity contribution in [2.24, 2.45) is 0 Å². The molecule has 0 aliphatic heterocycles. The predicted molar refractivity (Wildman–Crippen MR) is 150 cm³/mol. The van der Waals surface area contributed by atoms with Gasteiger partial charge in [0.2, 0.25) is 11.6 Å². The van der Waals surface area contributed by atoms with Gasteiger partial charge in [-0.15, -0.1) is 34.0 Å². The highest BCUT2D eigenvalue weighted by Crippen LogP contribution is 2.44. The Hall–Kier alpha value is -3.64. The quantitative estimate of drug-likeness (QED) is 0.224. The highest BCUT2D eigenvalue weighted by atomic mass is 32.1. The van der Waals surface area contributed by atoms with Crippen LogP contribution in [0.15, 0.2) is 97.1 Å². The van der Waals surface area contributed by atoms with Crippen molar-refractivity contribution in [2.75, 3.05) is 0 Å². The van der Waals surface area contributed by atoms with Crippen LogP contribution in [0.4, 0.5) is 0 Å². The van der Waals surface area contributed by atoms with Gasteiger partial charge in [0.15, 0.2) is 0 Å². The van der Waals surface area contributed by atoms with Crippen LogP contribution in [0.3, 0.4) is 0 Å². The minimum atomic E-state index is 0.0429. The van der Waals surface area contributed by atoms with Crippen LogP contribution in [0.25, 0.3) is 40.3 Å². The predicted octanol–water partition coefficient (Wildman–Crippen LogP) is 8.95. The zero-order valence-electron chi connectivity index (χ0n) is 18.3. The maximum Gasteiger partial charge on any atom is 0.203 e. The summed E-state index contributed by atoms with van der Waals surface area (Å²) in [5.74, 6) is 0.0858. The van der Waals surface area contributed by atoms with Gasteiger partial charge in [-0.2, -0.15) is 0 Å². The van der Waals surface area contributed by atoms with Crippen LogP contribution in [0, 0.1) is 0 Å². The van der Waals surface area contributed by atoms with E-state index < -0.39 is 0 Å². The Balaban J connectivity index is 1.25. The molecule has 0 amide bonds. The molecule has 0 bridgehead atoms. The molecule has 0 aliphatic carbocycles.